The average molecular weight is 347 g/mol. The first-order valence-electron chi connectivity index (χ1n) is 8.04. The third-order valence-electron chi connectivity index (χ3n) is 3.79. The van der Waals surface area contributed by atoms with Crippen molar-refractivity contribution in [2.75, 3.05) is 5.01 Å². The molecule has 2 nitrogen and oxygen atoms in total. The van der Waals surface area contributed by atoms with Crippen LogP contribution in [0.5, 0.6) is 0 Å². The molecule has 25 heavy (non-hydrogen) atoms. The Morgan fingerprint density at radius 3 is 2.16 bits per heavy atom. The SMILES string of the molecule is C=Cc1ccc(C=NN(c2cccc(C)c2)c2cccc(Cl)c2)cc1. The highest BCUT2D eigenvalue weighted by molar-refractivity contribution is 6.30. The van der Waals surface area contributed by atoms with E-state index in [1.165, 1.54) is 5.56 Å². The Morgan fingerprint density at radius 2 is 1.52 bits per heavy atom. The van der Waals surface area contributed by atoms with Crippen LogP contribution in [0.15, 0.2) is 84.5 Å². The number of anilines is 2. The standard InChI is InChI=1S/C22H19ClN2/c1-3-18-10-12-19(13-11-18)16-24-25(21-8-4-6-17(2)14-21)22-9-5-7-20(23)15-22/h3-16H,1H2,2H3. The maximum Gasteiger partial charge on any atom is 0.0667 e. The summed E-state index contributed by atoms with van der Waals surface area (Å²) in [5, 5.41) is 7.27. The maximum absolute atomic E-state index is 6.17. The van der Waals surface area contributed by atoms with Crippen LogP contribution in [0, 0.1) is 6.92 Å². The predicted molar refractivity (Wildman–Crippen MR) is 109 cm³/mol. The largest absolute Gasteiger partial charge is 0.234 e. The van der Waals surface area contributed by atoms with Gasteiger partial charge in [0.25, 0.3) is 0 Å². The molecule has 0 radical (unpaired) electrons. The molecule has 0 unspecified atom stereocenters. The Labute approximate surface area is 153 Å². The first kappa shape index (κ1) is 17.0. The summed E-state index contributed by atoms with van der Waals surface area (Å²) in [6.07, 6.45) is 3.67. The van der Waals surface area contributed by atoms with Crippen molar-refractivity contribution >= 4 is 35.3 Å². The number of aryl methyl sites for hydroxylation is 1. The number of nitrogens with zero attached hydrogens (tertiary/aromatic N) is 2. The molecule has 3 rings (SSSR count). The fourth-order valence-corrected chi connectivity index (χ4v) is 2.68. The minimum Gasteiger partial charge on any atom is -0.234 e. The van der Waals surface area contributed by atoms with Crippen LogP contribution >= 0.6 is 11.6 Å². The van der Waals surface area contributed by atoms with Gasteiger partial charge >= 0.3 is 0 Å². The van der Waals surface area contributed by atoms with Gasteiger partial charge in [0.2, 0.25) is 0 Å². The third-order valence-corrected chi connectivity index (χ3v) is 4.03. The van der Waals surface area contributed by atoms with Gasteiger partial charge in [0, 0.05) is 5.02 Å². The average Bonchev–Trinajstić information content (AvgIpc) is 2.63. The Morgan fingerprint density at radius 1 is 0.880 bits per heavy atom. The number of benzene rings is 3. The molecule has 0 saturated carbocycles. The van der Waals surface area contributed by atoms with Crippen LogP contribution < -0.4 is 5.01 Å². The molecule has 0 bridgehead atoms. The lowest BCUT2D eigenvalue weighted by atomic mass is 10.1. The van der Waals surface area contributed by atoms with Gasteiger partial charge in [-0.15, -0.1) is 0 Å². The van der Waals surface area contributed by atoms with Crippen molar-refractivity contribution in [2.45, 2.75) is 6.92 Å². The van der Waals surface area contributed by atoms with E-state index in [1.807, 2.05) is 78.0 Å². The molecule has 3 aromatic carbocycles. The topological polar surface area (TPSA) is 15.6 Å². The van der Waals surface area contributed by atoms with Gasteiger partial charge in [-0.25, -0.2) is 5.01 Å². The maximum atomic E-state index is 6.17. The van der Waals surface area contributed by atoms with Gasteiger partial charge in [0.15, 0.2) is 0 Å². The van der Waals surface area contributed by atoms with E-state index in [4.69, 9.17) is 16.7 Å². The molecule has 0 atom stereocenters. The van der Waals surface area contributed by atoms with Crippen LogP contribution in [0.25, 0.3) is 6.08 Å². The Balaban J connectivity index is 1.98. The summed E-state index contributed by atoms with van der Waals surface area (Å²) in [5.41, 5.74) is 5.18. The molecule has 0 saturated heterocycles. The second-order valence-electron chi connectivity index (χ2n) is 5.75. The zero-order chi connectivity index (χ0) is 17.6. The zero-order valence-corrected chi connectivity index (χ0v) is 14.8. The van der Waals surface area contributed by atoms with E-state index in [0.717, 1.165) is 22.5 Å². The second-order valence-corrected chi connectivity index (χ2v) is 6.18. The van der Waals surface area contributed by atoms with Crippen molar-refractivity contribution in [3.05, 3.63) is 101 Å². The number of hydrogen-bond acceptors (Lipinski definition) is 2. The summed E-state index contributed by atoms with van der Waals surface area (Å²) < 4.78 is 0. The number of hydrazone groups is 1. The van der Waals surface area contributed by atoms with Gasteiger partial charge in [-0.1, -0.05) is 66.7 Å². The fraction of sp³-hybridized carbons (Fsp3) is 0.0455. The lowest BCUT2D eigenvalue weighted by molar-refractivity contribution is 1.09. The van der Waals surface area contributed by atoms with Gasteiger partial charge in [0.1, 0.15) is 0 Å². The van der Waals surface area contributed by atoms with E-state index >= 15 is 0 Å². The smallest absolute Gasteiger partial charge is 0.0667 e. The Bertz CT molecular complexity index is 852. The van der Waals surface area contributed by atoms with Crippen LogP contribution in [0.2, 0.25) is 5.02 Å². The van der Waals surface area contributed by atoms with Gasteiger partial charge < -0.3 is 0 Å². The minimum absolute atomic E-state index is 0.681. The van der Waals surface area contributed by atoms with Crippen molar-refractivity contribution in [3.63, 3.8) is 0 Å². The van der Waals surface area contributed by atoms with Crippen molar-refractivity contribution in [1.29, 1.82) is 0 Å². The van der Waals surface area contributed by atoms with E-state index in [1.54, 1.807) is 0 Å². The van der Waals surface area contributed by atoms with Crippen LogP contribution in [0.3, 0.4) is 0 Å². The van der Waals surface area contributed by atoms with Crippen molar-refractivity contribution in [1.82, 2.24) is 0 Å². The molecule has 0 aliphatic carbocycles. The molecule has 0 heterocycles. The van der Waals surface area contributed by atoms with E-state index in [-0.39, 0.29) is 0 Å². The van der Waals surface area contributed by atoms with Crippen molar-refractivity contribution < 1.29 is 0 Å². The summed E-state index contributed by atoms with van der Waals surface area (Å²) >= 11 is 6.17. The fourth-order valence-electron chi connectivity index (χ4n) is 2.49. The summed E-state index contributed by atoms with van der Waals surface area (Å²) in [6.45, 7) is 5.84. The second kappa shape index (κ2) is 7.82. The molecule has 0 spiro atoms. The monoisotopic (exact) mass is 346 g/mol. The molecule has 0 aliphatic rings. The Hall–Kier alpha value is -2.84. The third kappa shape index (κ3) is 4.37. The van der Waals surface area contributed by atoms with Crippen LogP contribution in [0.4, 0.5) is 11.4 Å². The van der Waals surface area contributed by atoms with E-state index in [2.05, 4.69) is 25.6 Å². The van der Waals surface area contributed by atoms with Crippen LogP contribution in [0.1, 0.15) is 16.7 Å². The Kier molecular flexibility index (Phi) is 5.32. The molecule has 0 fully saturated rings. The zero-order valence-electron chi connectivity index (χ0n) is 14.1. The highest BCUT2D eigenvalue weighted by atomic mass is 35.5. The first-order valence-corrected chi connectivity index (χ1v) is 8.42. The molecule has 0 aliphatic heterocycles. The summed E-state index contributed by atoms with van der Waals surface area (Å²) in [4.78, 5) is 0. The number of halogens is 1. The molecular weight excluding hydrogens is 328 g/mol. The van der Waals surface area contributed by atoms with E-state index in [9.17, 15) is 0 Å². The summed E-state index contributed by atoms with van der Waals surface area (Å²) in [5.74, 6) is 0. The molecular formula is C22H19ClN2. The van der Waals surface area contributed by atoms with Crippen molar-refractivity contribution in [3.8, 4) is 0 Å². The van der Waals surface area contributed by atoms with E-state index < -0.39 is 0 Å². The number of rotatable bonds is 5. The van der Waals surface area contributed by atoms with Crippen LogP contribution in [-0.4, -0.2) is 6.21 Å². The molecule has 0 amide bonds. The van der Waals surface area contributed by atoms with Gasteiger partial charge in [-0.3, -0.25) is 0 Å². The van der Waals surface area contributed by atoms with Gasteiger partial charge in [-0.2, -0.15) is 5.10 Å². The highest BCUT2D eigenvalue weighted by Gasteiger charge is 2.08. The predicted octanol–water partition coefficient (Wildman–Crippen LogP) is 6.46. The lowest BCUT2D eigenvalue weighted by Crippen LogP contribution is -2.09. The lowest BCUT2D eigenvalue weighted by Gasteiger charge is -2.20. The van der Waals surface area contributed by atoms with Gasteiger partial charge in [-0.05, 0) is 53.9 Å². The first-order chi connectivity index (χ1) is 12.2. The molecule has 0 N–H and O–H groups in total. The molecule has 0 aromatic heterocycles. The molecule has 3 heteroatoms. The van der Waals surface area contributed by atoms with Crippen LogP contribution in [-0.2, 0) is 0 Å². The number of hydrogen-bond donors (Lipinski definition) is 0. The minimum atomic E-state index is 0.681. The normalized spacial score (nSPS) is 10.8. The highest BCUT2D eigenvalue weighted by Crippen LogP contribution is 2.28. The van der Waals surface area contributed by atoms with Gasteiger partial charge in [0.05, 0.1) is 17.6 Å². The van der Waals surface area contributed by atoms with E-state index in [0.29, 0.717) is 5.02 Å². The quantitative estimate of drug-likeness (QED) is 0.382. The molecule has 3 aromatic rings. The molecule has 124 valence electrons. The summed E-state index contributed by atoms with van der Waals surface area (Å²) in [7, 11) is 0. The summed E-state index contributed by atoms with van der Waals surface area (Å²) in [6, 6.07) is 24.0. The van der Waals surface area contributed by atoms with Crippen molar-refractivity contribution in [2.24, 2.45) is 5.10 Å².